The van der Waals surface area contributed by atoms with Crippen LogP contribution in [0.2, 0.25) is 0 Å². The number of hydrogen-bond donors (Lipinski definition) is 0. The first-order valence-electron chi connectivity index (χ1n) is 7.55. The lowest BCUT2D eigenvalue weighted by Crippen LogP contribution is -2.17. The van der Waals surface area contributed by atoms with E-state index in [0.29, 0.717) is 6.54 Å². The Morgan fingerprint density at radius 2 is 1.71 bits per heavy atom. The lowest BCUT2D eigenvalue weighted by atomic mass is 10.1. The smallest absolute Gasteiger partial charge is 0.310 e. The zero-order valence-corrected chi connectivity index (χ0v) is 13.9. The molecule has 3 rings (SSSR count). The van der Waals surface area contributed by atoms with Crippen LogP contribution in [0.1, 0.15) is 17.2 Å². The van der Waals surface area contributed by atoms with Gasteiger partial charge in [0.15, 0.2) is 0 Å². The molecule has 1 aromatic heterocycles. The molecule has 1 heterocycles. The van der Waals surface area contributed by atoms with Crippen molar-refractivity contribution in [3.05, 3.63) is 90.5 Å². The van der Waals surface area contributed by atoms with E-state index in [9.17, 15) is 4.79 Å². The highest BCUT2D eigenvalue weighted by atomic mass is 35.5. The van der Waals surface area contributed by atoms with Crippen molar-refractivity contribution in [1.82, 2.24) is 9.55 Å². The van der Waals surface area contributed by atoms with Crippen molar-refractivity contribution in [2.75, 3.05) is 0 Å². The molecule has 0 aliphatic carbocycles. The summed E-state index contributed by atoms with van der Waals surface area (Å²) in [5.74, 6) is -0.231. The second kappa shape index (κ2) is 8.89. The van der Waals surface area contributed by atoms with Crippen LogP contribution in [0.5, 0.6) is 0 Å². The van der Waals surface area contributed by atoms with E-state index < -0.39 is 0 Å². The SMILES string of the molecule is Cl.O=C(Cc1ccccc1)OC(Cn1ccnc1)c1ccccc1. The van der Waals surface area contributed by atoms with Gasteiger partial charge < -0.3 is 9.30 Å². The fraction of sp³-hybridized carbons (Fsp3) is 0.158. The molecule has 0 spiro atoms. The molecule has 4 nitrogen and oxygen atoms in total. The summed E-state index contributed by atoms with van der Waals surface area (Å²) in [7, 11) is 0. The predicted octanol–water partition coefficient (Wildman–Crippen LogP) is 3.83. The highest BCUT2D eigenvalue weighted by Crippen LogP contribution is 2.20. The number of imidazole rings is 1. The van der Waals surface area contributed by atoms with Crippen LogP contribution in [0.15, 0.2) is 79.4 Å². The van der Waals surface area contributed by atoms with Crippen molar-refractivity contribution < 1.29 is 9.53 Å². The van der Waals surface area contributed by atoms with Gasteiger partial charge in [-0.15, -0.1) is 12.4 Å². The minimum atomic E-state index is -0.332. The lowest BCUT2D eigenvalue weighted by Gasteiger charge is -2.19. The van der Waals surface area contributed by atoms with Crippen LogP contribution >= 0.6 is 12.4 Å². The van der Waals surface area contributed by atoms with Gasteiger partial charge >= 0.3 is 5.97 Å². The first-order chi connectivity index (χ1) is 11.3. The lowest BCUT2D eigenvalue weighted by molar-refractivity contribution is -0.149. The number of halogens is 1. The third kappa shape index (κ3) is 4.96. The number of benzene rings is 2. The highest BCUT2D eigenvalue weighted by molar-refractivity contribution is 5.85. The molecule has 124 valence electrons. The third-order valence-corrected chi connectivity index (χ3v) is 3.57. The van der Waals surface area contributed by atoms with E-state index >= 15 is 0 Å². The Morgan fingerprint density at radius 3 is 2.33 bits per heavy atom. The maximum Gasteiger partial charge on any atom is 0.310 e. The largest absolute Gasteiger partial charge is 0.455 e. The molecule has 5 heteroatoms. The Bertz CT molecular complexity index is 731. The van der Waals surface area contributed by atoms with Crippen LogP contribution in [-0.4, -0.2) is 15.5 Å². The van der Waals surface area contributed by atoms with Crippen molar-refractivity contribution in [3.63, 3.8) is 0 Å². The maximum absolute atomic E-state index is 12.3. The normalized spacial score (nSPS) is 11.3. The van der Waals surface area contributed by atoms with E-state index in [1.165, 1.54) is 0 Å². The summed E-state index contributed by atoms with van der Waals surface area (Å²) in [5.41, 5.74) is 1.93. The zero-order valence-electron chi connectivity index (χ0n) is 13.1. The molecular weight excluding hydrogens is 324 g/mol. The predicted molar refractivity (Wildman–Crippen MR) is 94.9 cm³/mol. The van der Waals surface area contributed by atoms with Gasteiger partial charge in [0.05, 0.1) is 19.3 Å². The maximum atomic E-state index is 12.3. The number of ether oxygens (including phenoxy) is 1. The van der Waals surface area contributed by atoms with Crippen molar-refractivity contribution >= 4 is 18.4 Å². The number of esters is 1. The quantitative estimate of drug-likeness (QED) is 0.639. The molecule has 0 aliphatic rings. The fourth-order valence-electron chi connectivity index (χ4n) is 2.43. The Kier molecular flexibility index (Phi) is 6.58. The van der Waals surface area contributed by atoms with Crippen molar-refractivity contribution in [2.45, 2.75) is 19.1 Å². The summed E-state index contributed by atoms with van der Waals surface area (Å²) >= 11 is 0. The van der Waals surface area contributed by atoms with Gasteiger partial charge in [0.2, 0.25) is 0 Å². The fourth-order valence-corrected chi connectivity index (χ4v) is 2.43. The van der Waals surface area contributed by atoms with Crippen molar-refractivity contribution in [1.29, 1.82) is 0 Å². The summed E-state index contributed by atoms with van der Waals surface area (Å²) in [6.07, 6.45) is 5.24. The number of aromatic nitrogens is 2. The van der Waals surface area contributed by atoms with E-state index in [1.54, 1.807) is 12.5 Å². The molecular formula is C19H19ClN2O2. The van der Waals surface area contributed by atoms with Crippen LogP contribution in [0, 0.1) is 0 Å². The number of hydrogen-bond acceptors (Lipinski definition) is 3. The standard InChI is InChI=1S/C19H18N2O2.ClH/c22-19(13-16-7-3-1-4-8-16)23-18(14-21-12-11-20-15-21)17-9-5-2-6-10-17;/h1-12,15,18H,13-14H2;1H. The summed E-state index contributed by atoms with van der Waals surface area (Å²) in [6, 6.07) is 19.4. The average Bonchev–Trinajstić information content (AvgIpc) is 3.09. The van der Waals surface area contributed by atoms with E-state index in [2.05, 4.69) is 4.98 Å². The second-order valence-corrected chi connectivity index (χ2v) is 5.31. The Labute approximate surface area is 147 Å². The Morgan fingerprint density at radius 1 is 1.04 bits per heavy atom. The summed E-state index contributed by atoms with van der Waals surface area (Å²) in [5, 5.41) is 0. The van der Waals surface area contributed by atoms with Gasteiger partial charge in [0.1, 0.15) is 6.10 Å². The summed E-state index contributed by atoms with van der Waals surface area (Å²) in [6.45, 7) is 0.546. The van der Waals surface area contributed by atoms with Gasteiger partial charge in [-0.05, 0) is 11.1 Å². The van der Waals surface area contributed by atoms with E-state index in [0.717, 1.165) is 11.1 Å². The van der Waals surface area contributed by atoms with E-state index in [4.69, 9.17) is 4.74 Å². The number of nitrogens with zero attached hydrogens (tertiary/aromatic N) is 2. The average molecular weight is 343 g/mol. The third-order valence-electron chi connectivity index (χ3n) is 3.57. The zero-order chi connectivity index (χ0) is 15.9. The molecule has 3 aromatic rings. The molecule has 0 amide bonds. The summed E-state index contributed by atoms with van der Waals surface area (Å²) < 4.78 is 7.64. The summed E-state index contributed by atoms with van der Waals surface area (Å²) in [4.78, 5) is 16.3. The van der Waals surface area contributed by atoms with E-state index in [-0.39, 0.29) is 30.9 Å². The molecule has 0 fully saturated rings. The molecule has 0 saturated heterocycles. The first-order valence-corrected chi connectivity index (χ1v) is 7.55. The van der Waals surface area contributed by atoms with Crippen LogP contribution in [-0.2, 0) is 22.5 Å². The number of rotatable bonds is 6. The molecule has 1 unspecified atom stereocenters. The van der Waals surface area contributed by atoms with E-state index in [1.807, 2.05) is 71.4 Å². The van der Waals surface area contributed by atoms with Gasteiger partial charge in [0.25, 0.3) is 0 Å². The molecule has 2 aromatic carbocycles. The monoisotopic (exact) mass is 342 g/mol. The highest BCUT2D eigenvalue weighted by Gasteiger charge is 2.17. The Balaban J connectivity index is 0.00000208. The van der Waals surface area contributed by atoms with Gasteiger partial charge in [-0.3, -0.25) is 4.79 Å². The van der Waals surface area contributed by atoms with Crippen molar-refractivity contribution in [3.8, 4) is 0 Å². The molecule has 0 radical (unpaired) electrons. The van der Waals surface area contributed by atoms with Gasteiger partial charge in [0, 0.05) is 12.4 Å². The van der Waals surface area contributed by atoms with Crippen molar-refractivity contribution in [2.24, 2.45) is 0 Å². The first kappa shape index (κ1) is 17.8. The van der Waals surface area contributed by atoms with Crippen LogP contribution in [0.3, 0.4) is 0 Å². The van der Waals surface area contributed by atoms with Gasteiger partial charge in [-0.25, -0.2) is 4.98 Å². The second-order valence-electron chi connectivity index (χ2n) is 5.31. The molecule has 24 heavy (non-hydrogen) atoms. The molecule has 0 N–H and O–H groups in total. The molecule has 0 bridgehead atoms. The molecule has 0 saturated carbocycles. The topological polar surface area (TPSA) is 44.1 Å². The number of carbonyl (C=O) groups is 1. The molecule has 0 aliphatic heterocycles. The van der Waals surface area contributed by atoms with Crippen LogP contribution in [0.4, 0.5) is 0 Å². The minimum absolute atomic E-state index is 0. The Hall–Kier alpha value is -2.59. The van der Waals surface area contributed by atoms with Crippen LogP contribution < -0.4 is 0 Å². The molecule has 1 atom stereocenters. The minimum Gasteiger partial charge on any atom is -0.455 e. The van der Waals surface area contributed by atoms with Crippen LogP contribution in [0.25, 0.3) is 0 Å². The van der Waals surface area contributed by atoms with Gasteiger partial charge in [-0.1, -0.05) is 60.7 Å². The number of carbonyl (C=O) groups excluding carboxylic acids is 1. The van der Waals surface area contributed by atoms with Gasteiger partial charge in [-0.2, -0.15) is 0 Å².